The molecule has 0 radical (unpaired) electrons. The molecule has 3 aromatic rings. The van der Waals surface area contributed by atoms with Gasteiger partial charge in [-0.15, -0.1) is 0 Å². The van der Waals surface area contributed by atoms with E-state index in [1.807, 2.05) is 13.8 Å². The average molecular weight is 531 g/mol. The SMILES string of the molecule is COCCOc1nc(N)c2nc(O)n(Cc3ccc(C(=O)NCCC(C)(C)OCCC(C)(C)O)cc3)c2n1. The minimum atomic E-state index is -0.775. The molecule has 0 aliphatic heterocycles. The van der Waals surface area contributed by atoms with E-state index in [-0.39, 0.29) is 42.4 Å². The number of fused-ring (bicyclic) bond motifs is 1. The van der Waals surface area contributed by atoms with E-state index >= 15 is 0 Å². The van der Waals surface area contributed by atoms with Gasteiger partial charge in [-0.3, -0.25) is 9.36 Å². The van der Waals surface area contributed by atoms with Crippen LogP contribution in [0, 0.1) is 0 Å². The van der Waals surface area contributed by atoms with Gasteiger partial charge in [0.2, 0.25) is 0 Å². The molecule has 0 unspecified atom stereocenters. The Hall–Kier alpha value is -3.48. The van der Waals surface area contributed by atoms with Crippen LogP contribution in [-0.4, -0.2) is 80.3 Å². The monoisotopic (exact) mass is 530 g/mol. The van der Waals surface area contributed by atoms with Gasteiger partial charge in [0, 0.05) is 19.2 Å². The first-order valence-electron chi connectivity index (χ1n) is 12.5. The summed E-state index contributed by atoms with van der Waals surface area (Å²) in [6.07, 6.45) is 1.16. The Labute approximate surface area is 222 Å². The number of aromatic hydroxyl groups is 1. The number of nitrogens with two attached hydrogens (primary N) is 1. The van der Waals surface area contributed by atoms with E-state index in [9.17, 15) is 15.0 Å². The first-order valence-corrected chi connectivity index (χ1v) is 12.5. The van der Waals surface area contributed by atoms with Crippen molar-refractivity contribution in [3.63, 3.8) is 0 Å². The molecular weight excluding hydrogens is 492 g/mol. The standard InChI is InChI=1S/C26H38N6O6/c1-25(2,35)11-13-38-26(3,4)10-12-28-22(33)18-8-6-17(7-9-18)16-32-21-19(29-24(32)34)20(27)30-23(31-21)37-15-14-36-5/h6-9,35H,10-16H2,1-5H3,(H,28,33)(H,29,34)(H2,27,30,31). The van der Waals surface area contributed by atoms with Gasteiger partial charge in [-0.2, -0.15) is 15.0 Å². The highest BCUT2D eigenvalue weighted by molar-refractivity contribution is 5.94. The molecule has 0 aliphatic carbocycles. The Kier molecular flexibility index (Phi) is 9.47. The van der Waals surface area contributed by atoms with Crippen molar-refractivity contribution in [2.24, 2.45) is 0 Å². The van der Waals surface area contributed by atoms with E-state index in [2.05, 4.69) is 20.3 Å². The number of hydrogen-bond acceptors (Lipinski definition) is 10. The molecular formula is C26H38N6O6. The van der Waals surface area contributed by atoms with Crippen LogP contribution in [0.3, 0.4) is 0 Å². The van der Waals surface area contributed by atoms with Crippen LogP contribution in [0.15, 0.2) is 24.3 Å². The number of nitrogen functional groups attached to an aromatic ring is 1. The summed E-state index contributed by atoms with van der Waals surface area (Å²) in [6.45, 7) is 9.15. The van der Waals surface area contributed by atoms with Gasteiger partial charge in [-0.25, -0.2) is 0 Å². The molecule has 0 fully saturated rings. The maximum atomic E-state index is 12.6. The average Bonchev–Trinajstić information content (AvgIpc) is 3.14. The molecule has 2 aromatic heterocycles. The van der Waals surface area contributed by atoms with Crippen LogP contribution < -0.4 is 15.8 Å². The van der Waals surface area contributed by atoms with Gasteiger partial charge in [-0.05, 0) is 58.2 Å². The summed E-state index contributed by atoms with van der Waals surface area (Å²) in [5, 5.41) is 23.1. The van der Waals surface area contributed by atoms with Crippen molar-refractivity contribution in [1.29, 1.82) is 0 Å². The van der Waals surface area contributed by atoms with Crippen molar-refractivity contribution < 1.29 is 29.2 Å². The van der Waals surface area contributed by atoms with Gasteiger partial charge in [0.1, 0.15) is 6.61 Å². The minimum Gasteiger partial charge on any atom is -0.480 e. The summed E-state index contributed by atoms with van der Waals surface area (Å²) in [6, 6.07) is 6.83. The zero-order chi connectivity index (χ0) is 27.9. The molecule has 5 N–H and O–H groups in total. The molecule has 0 atom stereocenters. The summed E-state index contributed by atoms with van der Waals surface area (Å²) in [5.41, 5.74) is 6.70. The molecule has 0 saturated carbocycles. The van der Waals surface area contributed by atoms with Crippen LogP contribution >= 0.6 is 0 Å². The Morgan fingerprint density at radius 3 is 2.42 bits per heavy atom. The van der Waals surface area contributed by atoms with Gasteiger partial charge >= 0.3 is 6.01 Å². The Morgan fingerprint density at radius 2 is 1.76 bits per heavy atom. The first kappa shape index (κ1) is 29.1. The Morgan fingerprint density at radius 1 is 1.05 bits per heavy atom. The van der Waals surface area contributed by atoms with Crippen molar-refractivity contribution in [3.05, 3.63) is 35.4 Å². The second-order valence-electron chi connectivity index (χ2n) is 10.3. The summed E-state index contributed by atoms with van der Waals surface area (Å²) in [4.78, 5) is 25.1. The number of carbonyl (C=O) groups excluding carboxylic acids is 1. The second-order valence-corrected chi connectivity index (χ2v) is 10.3. The highest BCUT2D eigenvalue weighted by Crippen LogP contribution is 2.26. The van der Waals surface area contributed by atoms with Crippen molar-refractivity contribution >= 4 is 22.9 Å². The van der Waals surface area contributed by atoms with Crippen LogP contribution in [-0.2, 0) is 16.0 Å². The van der Waals surface area contributed by atoms with Crippen molar-refractivity contribution in [2.45, 2.75) is 58.3 Å². The number of carbonyl (C=O) groups is 1. The first-order chi connectivity index (χ1) is 17.9. The minimum absolute atomic E-state index is 0.0611. The lowest BCUT2D eigenvalue weighted by Gasteiger charge is -2.27. The lowest BCUT2D eigenvalue weighted by atomic mass is 10.0. The summed E-state index contributed by atoms with van der Waals surface area (Å²) >= 11 is 0. The van der Waals surface area contributed by atoms with Crippen molar-refractivity contribution in [2.75, 3.05) is 39.2 Å². The van der Waals surface area contributed by atoms with E-state index < -0.39 is 11.2 Å². The predicted molar refractivity (Wildman–Crippen MR) is 142 cm³/mol. The number of nitrogens with zero attached hydrogens (tertiary/aromatic N) is 4. The zero-order valence-electron chi connectivity index (χ0n) is 22.7. The molecule has 0 saturated heterocycles. The summed E-state index contributed by atoms with van der Waals surface area (Å²) in [7, 11) is 1.56. The molecule has 0 spiro atoms. The Balaban J connectivity index is 1.59. The molecule has 1 aromatic carbocycles. The molecule has 208 valence electrons. The molecule has 2 heterocycles. The third-order valence-electron chi connectivity index (χ3n) is 5.88. The highest BCUT2D eigenvalue weighted by atomic mass is 16.5. The fourth-order valence-corrected chi connectivity index (χ4v) is 3.59. The van der Waals surface area contributed by atoms with Crippen molar-refractivity contribution in [3.8, 4) is 12.0 Å². The normalized spacial score (nSPS) is 12.2. The van der Waals surface area contributed by atoms with Crippen LogP contribution in [0.2, 0.25) is 0 Å². The van der Waals surface area contributed by atoms with E-state index in [1.165, 1.54) is 4.57 Å². The number of imidazole rings is 1. The number of ether oxygens (including phenoxy) is 3. The van der Waals surface area contributed by atoms with Gasteiger partial charge < -0.3 is 35.5 Å². The Bertz CT molecular complexity index is 1220. The van der Waals surface area contributed by atoms with E-state index in [4.69, 9.17) is 19.9 Å². The van der Waals surface area contributed by atoms with Gasteiger partial charge in [-0.1, -0.05) is 12.1 Å². The molecule has 0 aliphatic rings. The van der Waals surface area contributed by atoms with Crippen molar-refractivity contribution in [1.82, 2.24) is 24.8 Å². The van der Waals surface area contributed by atoms with E-state index in [0.29, 0.717) is 43.8 Å². The number of aliphatic hydroxyl groups is 1. The fourth-order valence-electron chi connectivity index (χ4n) is 3.59. The molecule has 12 heteroatoms. The number of anilines is 1. The number of benzene rings is 1. The number of rotatable bonds is 14. The maximum Gasteiger partial charge on any atom is 0.320 e. The second kappa shape index (κ2) is 12.4. The third kappa shape index (κ3) is 8.27. The largest absolute Gasteiger partial charge is 0.480 e. The number of methoxy groups -OCH3 is 1. The van der Waals surface area contributed by atoms with Gasteiger partial charge in [0.15, 0.2) is 17.0 Å². The lowest BCUT2D eigenvalue weighted by Crippen LogP contribution is -2.34. The van der Waals surface area contributed by atoms with Crippen LogP contribution in [0.25, 0.3) is 11.2 Å². The third-order valence-corrected chi connectivity index (χ3v) is 5.88. The molecule has 1 amide bonds. The van der Waals surface area contributed by atoms with Crippen LogP contribution in [0.1, 0.15) is 56.5 Å². The maximum absolute atomic E-state index is 12.6. The summed E-state index contributed by atoms with van der Waals surface area (Å²) in [5.74, 6) is -0.104. The fraction of sp³-hybridized carbons (Fsp3) is 0.538. The zero-order valence-corrected chi connectivity index (χ0v) is 22.7. The van der Waals surface area contributed by atoms with Gasteiger partial charge in [0.25, 0.3) is 11.9 Å². The number of hydrogen-bond donors (Lipinski definition) is 4. The number of amides is 1. The smallest absolute Gasteiger partial charge is 0.320 e. The predicted octanol–water partition coefficient (Wildman–Crippen LogP) is 2.26. The van der Waals surface area contributed by atoms with E-state index in [1.54, 1.807) is 45.2 Å². The molecule has 0 bridgehead atoms. The topological polar surface area (TPSA) is 167 Å². The summed E-state index contributed by atoms with van der Waals surface area (Å²) < 4.78 is 17.8. The number of nitrogens with one attached hydrogen (secondary N) is 1. The molecule has 12 nitrogen and oxygen atoms in total. The highest BCUT2D eigenvalue weighted by Gasteiger charge is 2.21. The lowest BCUT2D eigenvalue weighted by molar-refractivity contribution is -0.0492. The quantitative estimate of drug-likeness (QED) is 0.227. The molecule has 38 heavy (non-hydrogen) atoms. The van der Waals surface area contributed by atoms with Crippen LogP contribution in [0.5, 0.6) is 12.0 Å². The number of aromatic nitrogens is 4. The van der Waals surface area contributed by atoms with Gasteiger partial charge in [0.05, 0.1) is 31.0 Å². The van der Waals surface area contributed by atoms with E-state index in [0.717, 1.165) is 5.56 Å². The molecule has 3 rings (SSSR count). The van der Waals surface area contributed by atoms with Crippen LogP contribution in [0.4, 0.5) is 5.82 Å².